The molecule has 2 N–H and O–H groups in total. The van der Waals surface area contributed by atoms with Crippen LogP contribution < -0.4 is 5.73 Å². The summed E-state index contributed by atoms with van der Waals surface area (Å²) < 4.78 is 75.5. The summed E-state index contributed by atoms with van der Waals surface area (Å²) in [5.74, 6) is -1.36. The van der Waals surface area contributed by atoms with E-state index in [4.69, 9.17) is 10.5 Å². The second-order valence-electron chi connectivity index (χ2n) is 8.18. The lowest BCUT2D eigenvalue weighted by Gasteiger charge is -2.32. The van der Waals surface area contributed by atoms with Crippen LogP contribution in [0, 0.1) is 5.82 Å². The van der Waals surface area contributed by atoms with Crippen molar-refractivity contribution in [1.82, 2.24) is 13.6 Å². The average Bonchev–Trinajstić information content (AvgIpc) is 3.23. The Labute approximate surface area is 193 Å². The molecule has 180 valence electrons. The molecule has 2 fully saturated rings. The maximum absolute atomic E-state index is 14.5. The summed E-state index contributed by atoms with van der Waals surface area (Å²) in [6.07, 6.45) is 1.55. The van der Waals surface area contributed by atoms with Gasteiger partial charge in [-0.05, 0) is 35.7 Å². The van der Waals surface area contributed by atoms with Crippen LogP contribution >= 0.6 is 0 Å². The Kier molecular flexibility index (Phi) is 7.12. The van der Waals surface area contributed by atoms with Crippen LogP contribution in [0.2, 0.25) is 0 Å². The number of halogens is 1. The Morgan fingerprint density at radius 2 is 1.85 bits per heavy atom. The minimum absolute atomic E-state index is 0.00290. The van der Waals surface area contributed by atoms with Crippen molar-refractivity contribution in [2.75, 3.05) is 38.6 Å². The van der Waals surface area contributed by atoms with Gasteiger partial charge in [0, 0.05) is 44.3 Å². The van der Waals surface area contributed by atoms with Crippen LogP contribution in [0.25, 0.3) is 0 Å². The Hall–Kier alpha value is -1.96. The lowest BCUT2D eigenvalue weighted by molar-refractivity contribution is 0.0700. The molecule has 1 aromatic carbocycles. The SMILES string of the molecule is NCc1ccnc(S(=O)(=O)C[C@@H]2C[C@H](c3ccccc3F)CN2S(=O)(=O)N2CCOCC2)c1. The van der Waals surface area contributed by atoms with Crippen molar-refractivity contribution < 1.29 is 26.0 Å². The van der Waals surface area contributed by atoms with Gasteiger partial charge in [-0.25, -0.2) is 17.8 Å². The Balaban J connectivity index is 1.67. The molecule has 0 spiro atoms. The number of sulfone groups is 1. The van der Waals surface area contributed by atoms with Gasteiger partial charge in [0.2, 0.25) is 0 Å². The van der Waals surface area contributed by atoms with E-state index in [1.807, 2.05) is 0 Å². The summed E-state index contributed by atoms with van der Waals surface area (Å²) in [7, 11) is -7.90. The van der Waals surface area contributed by atoms with Crippen molar-refractivity contribution in [3.8, 4) is 0 Å². The number of pyridine rings is 1. The van der Waals surface area contributed by atoms with Gasteiger partial charge in [0.15, 0.2) is 14.9 Å². The number of morpholine rings is 1. The number of aromatic nitrogens is 1. The van der Waals surface area contributed by atoms with Crippen LogP contribution in [0.3, 0.4) is 0 Å². The molecule has 0 unspecified atom stereocenters. The van der Waals surface area contributed by atoms with E-state index in [1.54, 1.807) is 24.3 Å². The van der Waals surface area contributed by atoms with Crippen molar-refractivity contribution in [2.24, 2.45) is 5.73 Å². The molecular weight excluding hydrogens is 471 g/mol. The average molecular weight is 499 g/mol. The maximum Gasteiger partial charge on any atom is 0.282 e. The Morgan fingerprint density at radius 1 is 1.12 bits per heavy atom. The van der Waals surface area contributed by atoms with E-state index in [2.05, 4.69) is 4.98 Å². The summed E-state index contributed by atoms with van der Waals surface area (Å²) in [5, 5.41) is -0.150. The van der Waals surface area contributed by atoms with Gasteiger partial charge in [0.05, 0.1) is 19.0 Å². The molecular formula is C21H27FN4O5S2. The van der Waals surface area contributed by atoms with Crippen molar-refractivity contribution in [2.45, 2.75) is 30.0 Å². The summed E-state index contributed by atoms with van der Waals surface area (Å²) in [6.45, 7) is 1.05. The normalized spacial score (nSPS) is 23.1. The van der Waals surface area contributed by atoms with Gasteiger partial charge in [-0.3, -0.25) is 0 Å². The third-order valence-corrected chi connectivity index (χ3v) is 9.81. The molecule has 9 nitrogen and oxygen atoms in total. The van der Waals surface area contributed by atoms with E-state index in [-0.39, 0.29) is 50.8 Å². The quantitative estimate of drug-likeness (QED) is 0.601. The van der Waals surface area contributed by atoms with E-state index in [9.17, 15) is 21.2 Å². The van der Waals surface area contributed by atoms with Gasteiger partial charge < -0.3 is 10.5 Å². The second kappa shape index (κ2) is 9.72. The highest BCUT2D eigenvalue weighted by atomic mass is 32.2. The molecule has 2 aliphatic heterocycles. The number of benzene rings is 1. The van der Waals surface area contributed by atoms with Crippen molar-refractivity contribution in [3.63, 3.8) is 0 Å². The molecule has 0 radical (unpaired) electrons. The number of nitrogens with two attached hydrogens (primary N) is 1. The third kappa shape index (κ3) is 5.10. The van der Waals surface area contributed by atoms with Gasteiger partial charge in [0.1, 0.15) is 5.82 Å². The van der Waals surface area contributed by atoms with E-state index < -0.39 is 43.6 Å². The van der Waals surface area contributed by atoms with Crippen LogP contribution in [-0.2, 0) is 31.3 Å². The zero-order valence-corrected chi connectivity index (χ0v) is 19.6. The highest BCUT2D eigenvalue weighted by Crippen LogP contribution is 2.37. The third-order valence-electron chi connectivity index (χ3n) is 6.07. The fraction of sp³-hybridized carbons (Fsp3) is 0.476. The van der Waals surface area contributed by atoms with Gasteiger partial charge >= 0.3 is 0 Å². The molecule has 1 aromatic heterocycles. The molecule has 4 rings (SSSR count). The van der Waals surface area contributed by atoms with Crippen LogP contribution in [0.1, 0.15) is 23.5 Å². The minimum Gasteiger partial charge on any atom is -0.379 e. The molecule has 2 aromatic rings. The van der Waals surface area contributed by atoms with Crippen molar-refractivity contribution in [1.29, 1.82) is 0 Å². The molecule has 33 heavy (non-hydrogen) atoms. The Bertz CT molecular complexity index is 1200. The molecule has 0 amide bonds. The largest absolute Gasteiger partial charge is 0.379 e. The van der Waals surface area contributed by atoms with Crippen molar-refractivity contribution in [3.05, 3.63) is 59.5 Å². The number of nitrogens with zero attached hydrogens (tertiary/aromatic N) is 3. The molecule has 12 heteroatoms. The van der Waals surface area contributed by atoms with E-state index in [1.165, 1.54) is 26.9 Å². The van der Waals surface area contributed by atoms with E-state index >= 15 is 0 Å². The first kappa shape index (κ1) is 24.2. The molecule has 2 aliphatic rings. The number of hydrogen-bond donors (Lipinski definition) is 1. The molecule has 0 aliphatic carbocycles. The van der Waals surface area contributed by atoms with E-state index in [0.717, 1.165) is 0 Å². The predicted molar refractivity (Wildman–Crippen MR) is 120 cm³/mol. The summed E-state index contributed by atoms with van der Waals surface area (Å²) in [5.41, 5.74) is 6.61. The van der Waals surface area contributed by atoms with Crippen LogP contribution in [0.4, 0.5) is 4.39 Å². The fourth-order valence-electron chi connectivity index (χ4n) is 4.36. The number of rotatable bonds is 7. The standard InChI is InChI=1S/C21H27FN4O5S2/c22-20-4-2-1-3-19(20)17-12-18(15-32(27,28)21-11-16(13-23)5-6-24-21)26(14-17)33(29,30)25-7-9-31-10-8-25/h1-6,11,17-18H,7-10,12-15,23H2/t17-,18-/m0/s1. The molecule has 3 heterocycles. The van der Waals surface area contributed by atoms with Crippen LogP contribution in [0.5, 0.6) is 0 Å². The molecule has 0 saturated carbocycles. The monoisotopic (exact) mass is 498 g/mol. The van der Waals surface area contributed by atoms with Gasteiger partial charge in [0.25, 0.3) is 10.2 Å². The predicted octanol–water partition coefficient (Wildman–Crippen LogP) is 0.888. The maximum atomic E-state index is 14.5. The van der Waals surface area contributed by atoms with Crippen LogP contribution in [0.15, 0.2) is 47.6 Å². The molecule has 2 saturated heterocycles. The van der Waals surface area contributed by atoms with Crippen LogP contribution in [-0.4, -0.2) is 75.1 Å². The first-order valence-electron chi connectivity index (χ1n) is 10.7. The van der Waals surface area contributed by atoms with Gasteiger partial charge in [-0.15, -0.1) is 0 Å². The Morgan fingerprint density at radius 3 is 2.55 bits per heavy atom. The van der Waals surface area contributed by atoms with Gasteiger partial charge in [-0.2, -0.15) is 17.0 Å². The first-order valence-corrected chi connectivity index (χ1v) is 13.7. The minimum atomic E-state index is -3.97. The van der Waals surface area contributed by atoms with E-state index in [0.29, 0.717) is 11.1 Å². The first-order chi connectivity index (χ1) is 15.7. The molecule has 0 bridgehead atoms. The smallest absolute Gasteiger partial charge is 0.282 e. The fourth-order valence-corrected chi connectivity index (χ4v) is 7.82. The topological polar surface area (TPSA) is 123 Å². The highest BCUT2D eigenvalue weighted by molar-refractivity contribution is 7.91. The molecule has 2 atom stereocenters. The highest BCUT2D eigenvalue weighted by Gasteiger charge is 2.45. The number of ether oxygens (including phenoxy) is 1. The van der Waals surface area contributed by atoms with Crippen molar-refractivity contribution >= 4 is 20.0 Å². The summed E-state index contributed by atoms with van der Waals surface area (Å²) in [4.78, 5) is 3.97. The summed E-state index contributed by atoms with van der Waals surface area (Å²) >= 11 is 0. The second-order valence-corrected chi connectivity index (χ2v) is 12.0. The van der Waals surface area contributed by atoms with Gasteiger partial charge in [-0.1, -0.05) is 18.2 Å². The summed E-state index contributed by atoms with van der Waals surface area (Å²) in [6, 6.07) is 8.35. The lowest BCUT2D eigenvalue weighted by atomic mass is 9.96. The zero-order valence-electron chi connectivity index (χ0n) is 18.0. The number of hydrogen-bond acceptors (Lipinski definition) is 7. The zero-order chi connectivity index (χ0) is 23.6. The lowest BCUT2D eigenvalue weighted by Crippen LogP contribution is -2.51.